The zero-order chi connectivity index (χ0) is 14.6. The lowest BCUT2D eigenvalue weighted by Gasteiger charge is -2.31. The van der Waals surface area contributed by atoms with Gasteiger partial charge in [-0.05, 0) is 51.9 Å². The molecule has 2 aliphatic rings. The van der Waals surface area contributed by atoms with Crippen LogP contribution in [-0.4, -0.2) is 43.4 Å². The van der Waals surface area contributed by atoms with Crippen LogP contribution < -0.4 is 11.1 Å². The monoisotopic (exact) mass is 284 g/mol. The number of nitrogens with one attached hydrogen (secondary N) is 1. The third-order valence-corrected chi connectivity index (χ3v) is 4.51. The lowest BCUT2D eigenvalue weighted by molar-refractivity contribution is -0.125. The molecule has 2 fully saturated rings. The Labute approximate surface area is 121 Å². The molecule has 0 spiro atoms. The van der Waals surface area contributed by atoms with Crippen LogP contribution in [0.1, 0.15) is 51.9 Å². The molecule has 5 nitrogen and oxygen atoms in total. The molecule has 0 radical (unpaired) electrons. The van der Waals surface area contributed by atoms with Crippen LogP contribution in [0.25, 0.3) is 0 Å². The van der Waals surface area contributed by atoms with Crippen LogP contribution in [0.3, 0.4) is 0 Å². The molecule has 116 valence electrons. The zero-order valence-corrected chi connectivity index (χ0v) is 12.7. The summed E-state index contributed by atoms with van der Waals surface area (Å²) < 4.78 is 11.3. The normalized spacial score (nSPS) is 29.9. The van der Waals surface area contributed by atoms with E-state index in [9.17, 15) is 4.79 Å². The summed E-state index contributed by atoms with van der Waals surface area (Å²) in [6, 6.07) is 0.458. The number of hydrogen-bond acceptors (Lipinski definition) is 4. The summed E-state index contributed by atoms with van der Waals surface area (Å²) >= 11 is 0. The number of nitrogens with two attached hydrogens (primary N) is 1. The molecule has 3 atom stereocenters. The highest BCUT2D eigenvalue weighted by Gasteiger charge is 2.37. The van der Waals surface area contributed by atoms with Crippen LogP contribution in [0.4, 0.5) is 0 Å². The van der Waals surface area contributed by atoms with Crippen LogP contribution in [0.2, 0.25) is 0 Å². The van der Waals surface area contributed by atoms with Crippen molar-refractivity contribution < 1.29 is 14.3 Å². The van der Waals surface area contributed by atoms with Gasteiger partial charge in [-0.15, -0.1) is 0 Å². The Hall–Kier alpha value is -0.650. The lowest BCUT2D eigenvalue weighted by Crippen LogP contribution is -2.54. The summed E-state index contributed by atoms with van der Waals surface area (Å²) in [4.78, 5) is 11.6. The number of primary amides is 1. The Balaban J connectivity index is 1.73. The van der Waals surface area contributed by atoms with Gasteiger partial charge in [0, 0.05) is 19.8 Å². The van der Waals surface area contributed by atoms with Crippen molar-refractivity contribution in [2.24, 2.45) is 5.73 Å². The van der Waals surface area contributed by atoms with Crippen molar-refractivity contribution in [3.05, 3.63) is 0 Å². The molecule has 0 bridgehead atoms. The van der Waals surface area contributed by atoms with Crippen molar-refractivity contribution in [2.75, 3.05) is 13.7 Å². The second kappa shape index (κ2) is 6.87. The quantitative estimate of drug-likeness (QED) is 0.705. The molecular formula is C15H28N2O3. The number of hydrogen-bond donors (Lipinski definition) is 2. The molecule has 20 heavy (non-hydrogen) atoms. The Morgan fingerprint density at radius 2 is 2.00 bits per heavy atom. The predicted octanol–water partition coefficient (Wildman–Crippen LogP) is 1.35. The molecule has 1 amide bonds. The fourth-order valence-electron chi connectivity index (χ4n) is 2.84. The summed E-state index contributed by atoms with van der Waals surface area (Å²) in [5, 5.41) is 3.35. The summed E-state index contributed by atoms with van der Waals surface area (Å²) in [7, 11) is 1.76. The SMILES string of the molecule is COC1CCCC(OCCC(C)(NC2CC2)C(N)=O)C1. The van der Waals surface area contributed by atoms with Gasteiger partial charge in [0.15, 0.2) is 0 Å². The van der Waals surface area contributed by atoms with E-state index in [2.05, 4.69) is 5.32 Å². The number of carbonyl (C=O) groups is 1. The maximum absolute atomic E-state index is 11.6. The minimum absolute atomic E-state index is 0.256. The van der Waals surface area contributed by atoms with Gasteiger partial charge in [-0.25, -0.2) is 0 Å². The number of amides is 1. The minimum atomic E-state index is -0.642. The first-order valence-corrected chi connectivity index (χ1v) is 7.75. The number of ether oxygens (including phenoxy) is 2. The van der Waals surface area contributed by atoms with Gasteiger partial charge in [0.2, 0.25) is 5.91 Å². The van der Waals surface area contributed by atoms with Crippen LogP contribution in [-0.2, 0) is 14.3 Å². The molecule has 2 aliphatic carbocycles. The van der Waals surface area contributed by atoms with Crippen molar-refractivity contribution in [2.45, 2.75) is 75.7 Å². The van der Waals surface area contributed by atoms with Gasteiger partial charge >= 0.3 is 0 Å². The van der Waals surface area contributed by atoms with Gasteiger partial charge in [0.1, 0.15) is 0 Å². The maximum atomic E-state index is 11.6. The van der Waals surface area contributed by atoms with Crippen molar-refractivity contribution in [3.8, 4) is 0 Å². The topological polar surface area (TPSA) is 73.6 Å². The van der Waals surface area contributed by atoms with E-state index < -0.39 is 5.54 Å². The van der Waals surface area contributed by atoms with Gasteiger partial charge in [-0.2, -0.15) is 0 Å². The second-order valence-electron chi connectivity index (χ2n) is 6.38. The lowest BCUT2D eigenvalue weighted by atomic mass is 9.94. The van der Waals surface area contributed by atoms with Crippen LogP contribution >= 0.6 is 0 Å². The average molecular weight is 284 g/mol. The Morgan fingerprint density at radius 3 is 2.60 bits per heavy atom. The highest BCUT2D eigenvalue weighted by molar-refractivity contribution is 5.84. The first-order valence-electron chi connectivity index (χ1n) is 7.75. The molecular weight excluding hydrogens is 256 g/mol. The molecule has 3 N–H and O–H groups in total. The van der Waals surface area contributed by atoms with Crippen LogP contribution in [0.5, 0.6) is 0 Å². The molecule has 0 saturated heterocycles. The summed E-state index contributed by atoms with van der Waals surface area (Å²) in [6.45, 7) is 2.45. The second-order valence-corrected chi connectivity index (χ2v) is 6.38. The van der Waals surface area contributed by atoms with Gasteiger partial charge in [-0.3, -0.25) is 4.79 Å². The Bertz CT molecular complexity index is 333. The standard InChI is InChI=1S/C15H28N2O3/c1-15(14(16)18,17-11-6-7-11)8-9-20-13-5-3-4-12(10-13)19-2/h11-13,17H,3-10H2,1-2H3,(H2,16,18). The third-order valence-electron chi connectivity index (χ3n) is 4.51. The minimum Gasteiger partial charge on any atom is -0.381 e. The molecule has 2 saturated carbocycles. The predicted molar refractivity (Wildman–Crippen MR) is 77.4 cm³/mol. The van der Waals surface area contributed by atoms with Crippen LogP contribution in [0.15, 0.2) is 0 Å². The molecule has 0 aliphatic heterocycles. The van der Waals surface area contributed by atoms with Gasteiger partial charge in [-0.1, -0.05) is 0 Å². The number of carbonyl (C=O) groups excluding carboxylic acids is 1. The van der Waals surface area contributed by atoms with E-state index in [0.717, 1.165) is 38.5 Å². The number of methoxy groups -OCH3 is 1. The van der Waals surface area contributed by atoms with E-state index in [1.807, 2.05) is 6.92 Å². The molecule has 0 aromatic heterocycles. The fraction of sp³-hybridized carbons (Fsp3) is 0.933. The van der Waals surface area contributed by atoms with Gasteiger partial charge in [0.05, 0.1) is 17.7 Å². The smallest absolute Gasteiger partial charge is 0.237 e. The Kier molecular flexibility index (Phi) is 5.41. The Morgan fingerprint density at radius 1 is 1.30 bits per heavy atom. The summed E-state index contributed by atoms with van der Waals surface area (Å²) in [5.41, 5.74) is 4.89. The van der Waals surface area contributed by atoms with Crippen molar-refractivity contribution in [3.63, 3.8) is 0 Å². The van der Waals surface area contributed by atoms with E-state index in [-0.39, 0.29) is 12.0 Å². The van der Waals surface area contributed by atoms with E-state index >= 15 is 0 Å². The molecule has 0 aromatic carbocycles. The van der Waals surface area contributed by atoms with Gasteiger partial charge in [0.25, 0.3) is 0 Å². The third kappa shape index (κ3) is 4.43. The van der Waals surface area contributed by atoms with Crippen molar-refractivity contribution in [1.82, 2.24) is 5.32 Å². The first-order chi connectivity index (χ1) is 9.53. The summed E-state index contributed by atoms with van der Waals surface area (Å²) in [6.07, 6.45) is 7.81. The first kappa shape index (κ1) is 15.7. The molecule has 0 heterocycles. The van der Waals surface area contributed by atoms with E-state index in [1.165, 1.54) is 0 Å². The highest BCUT2D eigenvalue weighted by atomic mass is 16.5. The fourth-order valence-corrected chi connectivity index (χ4v) is 2.84. The molecule has 3 unspecified atom stereocenters. The molecule has 0 aromatic rings. The van der Waals surface area contributed by atoms with Crippen LogP contribution in [0, 0.1) is 0 Å². The summed E-state index contributed by atoms with van der Waals surface area (Å²) in [5.74, 6) is -0.286. The largest absolute Gasteiger partial charge is 0.381 e. The van der Waals surface area contributed by atoms with Gasteiger partial charge < -0.3 is 20.5 Å². The maximum Gasteiger partial charge on any atom is 0.237 e. The average Bonchev–Trinajstić information content (AvgIpc) is 3.22. The molecule has 5 heteroatoms. The van der Waals surface area contributed by atoms with Crippen molar-refractivity contribution >= 4 is 5.91 Å². The van der Waals surface area contributed by atoms with E-state index in [0.29, 0.717) is 25.2 Å². The number of rotatable bonds is 8. The highest BCUT2D eigenvalue weighted by Crippen LogP contribution is 2.26. The molecule has 2 rings (SSSR count). The van der Waals surface area contributed by atoms with E-state index in [1.54, 1.807) is 7.11 Å². The van der Waals surface area contributed by atoms with Crippen molar-refractivity contribution in [1.29, 1.82) is 0 Å². The van der Waals surface area contributed by atoms with E-state index in [4.69, 9.17) is 15.2 Å². The zero-order valence-electron chi connectivity index (χ0n) is 12.7.